The highest BCUT2D eigenvalue weighted by molar-refractivity contribution is 9.10. The van der Waals surface area contributed by atoms with E-state index in [4.69, 9.17) is 21.7 Å². The molecule has 0 spiro atoms. The van der Waals surface area contributed by atoms with Gasteiger partial charge in [-0.2, -0.15) is 0 Å². The molecule has 4 nitrogen and oxygen atoms in total. The predicted molar refractivity (Wildman–Crippen MR) is 122 cm³/mol. The molecule has 0 amide bonds. The summed E-state index contributed by atoms with van der Waals surface area (Å²) in [5, 5.41) is 4.14. The van der Waals surface area contributed by atoms with Gasteiger partial charge in [0.1, 0.15) is 17.2 Å². The van der Waals surface area contributed by atoms with Crippen LogP contribution in [0.4, 0.5) is 5.69 Å². The molecule has 5 rings (SSSR count). The molecule has 0 aliphatic carbocycles. The summed E-state index contributed by atoms with van der Waals surface area (Å²) >= 11 is 9.28. The largest absolute Gasteiger partial charge is 0.467 e. The number of hydrogen-bond donors (Lipinski definition) is 1. The van der Waals surface area contributed by atoms with Crippen LogP contribution in [0.2, 0.25) is 0 Å². The maximum Gasteiger partial charge on any atom is 0.188 e. The maximum absolute atomic E-state index is 6.45. The van der Waals surface area contributed by atoms with Gasteiger partial charge in [-0.3, -0.25) is 4.90 Å². The van der Waals surface area contributed by atoms with Crippen molar-refractivity contribution in [1.29, 1.82) is 0 Å². The second-order valence-electron chi connectivity index (χ2n) is 7.41. The van der Waals surface area contributed by atoms with Crippen LogP contribution in [0.3, 0.4) is 0 Å². The molecule has 0 aromatic heterocycles. The Kier molecular flexibility index (Phi) is 4.48. The number of anilines is 1. The topological polar surface area (TPSA) is 33.7 Å². The lowest BCUT2D eigenvalue weighted by atomic mass is 9.90. The molecule has 6 heteroatoms. The van der Waals surface area contributed by atoms with Crippen LogP contribution in [0.15, 0.2) is 77.3 Å². The van der Waals surface area contributed by atoms with E-state index in [2.05, 4.69) is 39.1 Å². The first-order valence-corrected chi connectivity index (χ1v) is 10.6. The number of nitrogens with zero attached hydrogens (tertiary/aromatic N) is 1. The zero-order chi connectivity index (χ0) is 20.0. The van der Waals surface area contributed by atoms with E-state index in [0.717, 1.165) is 39.4 Å². The second kappa shape index (κ2) is 7.04. The van der Waals surface area contributed by atoms with Gasteiger partial charge in [-0.25, -0.2) is 0 Å². The summed E-state index contributed by atoms with van der Waals surface area (Å²) in [5.74, 6) is 2.47. The molecule has 2 aliphatic heterocycles. The van der Waals surface area contributed by atoms with E-state index in [1.165, 1.54) is 0 Å². The molecule has 2 heterocycles. The number of para-hydroxylation sites is 1. The Labute approximate surface area is 183 Å². The minimum absolute atomic E-state index is 0.130. The summed E-state index contributed by atoms with van der Waals surface area (Å²) in [6.07, 6.45) is 0.791. The average molecular weight is 467 g/mol. The molecule has 1 fully saturated rings. The summed E-state index contributed by atoms with van der Waals surface area (Å²) in [5.41, 5.74) is 1.53. The Hall–Kier alpha value is -2.57. The highest BCUT2D eigenvalue weighted by Gasteiger charge is 2.48. The third kappa shape index (κ3) is 3.36. The van der Waals surface area contributed by atoms with Crippen molar-refractivity contribution in [1.82, 2.24) is 5.32 Å². The van der Waals surface area contributed by atoms with Crippen molar-refractivity contribution < 1.29 is 9.47 Å². The average Bonchev–Trinajstić information content (AvgIpc) is 2.70. The molecule has 0 saturated carbocycles. The molecule has 1 N–H and O–H groups in total. The van der Waals surface area contributed by atoms with E-state index in [1.807, 2.05) is 66.7 Å². The van der Waals surface area contributed by atoms with Crippen LogP contribution in [0, 0.1) is 0 Å². The Morgan fingerprint density at radius 1 is 1.07 bits per heavy atom. The Morgan fingerprint density at radius 2 is 1.79 bits per heavy atom. The number of halogens is 1. The highest BCUT2D eigenvalue weighted by atomic mass is 79.9. The van der Waals surface area contributed by atoms with Crippen LogP contribution in [-0.4, -0.2) is 10.8 Å². The summed E-state index contributed by atoms with van der Waals surface area (Å²) in [6, 6.07) is 23.9. The summed E-state index contributed by atoms with van der Waals surface area (Å²) in [6.45, 7) is 2.09. The Balaban J connectivity index is 1.44. The van der Waals surface area contributed by atoms with Crippen LogP contribution in [0.25, 0.3) is 0 Å². The zero-order valence-electron chi connectivity index (χ0n) is 15.8. The summed E-state index contributed by atoms with van der Waals surface area (Å²) in [4.78, 5) is 2.05. The van der Waals surface area contributed by atoms with Crippen molar-refractivity contribution >= 4 is 38.9 Å². The lowest BCUT2D eigenvalue weighted by Crippen LogP contribution is -2.65. The number of thiocarbonyl (C=S) groups is 1. The van der Waals surface area contributed by atoms with Crippen molar-refractivity contribution in [3.8, 4) is 17.2 Å². The van der Waals surface area contributed by atoms with Crippen molar-refractivity contribution in [3.63, 3.8) is 0 Å². The summed E-state index contributed by atoms with van der Waals surface area (Å²) < 4.78 is 13.4. The molecular formula is C23H19BrN2O2S. The molecule has 2 bridgehead atoms. The number of hydrogen-bond acceptors (Lipinski definition) is 3. The van der Waals surface area contributed by atoms with Gasteiger partial charge in [0.2, 0.25) is 0 Å². The van der Waals surface area contributed by atoms with Crippen molar-refractivity contribution in [3.05, 3.63) is 82.8 Å². The van der Waals surface area contributed by atoms with Gasteiger partial charge < -0.3 is 14.8 Å². The zero-order valence-corrected chi connectivity index (χ0v) is 18.2. The highest BCUT2D eigenvalue weighted by Crippen LogP contribution is 2.46. The third-order valence-electron chi connectivity index (χ3n) is 5.31. The first-order chi connectivity index (χ1) is 14.0. The van der Waals surface area contributed by atoms with E-state index in [0.29, 0.717) is 5.11 Å². The van der Waals surface area contributed by atoms with Gasteiger partial charge in [-0.15, -0.1) is 0 Å². The summed E-state index contributed by atoms with van der Waals surface area (Å²) in [7, 11) is 0. The van der Waals surface area contributed by atoms with Crippen molar-refractivity contribution in [2.45, 2.75) is 25.1 Å². The number of nitrogens with one attached hydrogen (secondary N) is 1. The third-order valence-corrected chi connectivity index (χ3v) is 6.10. The normalized spacial score (nSPS) is 22.3. The number of benzene rings is 3. The van der Waals surface area contributed by atoms with Crippen LogP contribution in [-0.2, 0) is 0 Å². The van der Waals surface area contributed by atoms with E-state index in [-0.39, 0.29) is 6.04 Å². The molecule has 3 aromatic carbocycles. The van der Waals surface area contributed by atoms with Crippen LogP contribution < -0.4 is 19.7 Å². The first-order valence-electron chi connectivity index (χ1n) is 9.44. The molecule has 2 atom stereocenters. The van der Waals surface area contributed by atoms with E-state index < -0.39 is 5.72 Å². The fraction of sp³-hybridized carbons (Fsp3) is 0.174. The number of rotatable bonds is 3. The quantitative estimate of drug-likeness (QED) is 0.466. The van der Waals surface area contributed by atoms with E-state index in [1.54, 1.807) is 0 Å². The smallest absolute Gasteiger partial charge is 0.188 e. The number of ether oxygens (including phenoxy) is 2. The van der Waals surface area contributed by atoms with Crippen molar-refractivity contribution in [2.75, 3.05) is 4.90 Å². The molecule has 0 radical (unpaired) electrons. The minimum atomic E-state index is -0.560. The van der Waals surface area contributed by atoms with Gasteiger partial charge in [-0.05, 0) is 73.7 Å². The fourth-order valence-electron chi connectivity index (χ4n) is 4.02. The van der Waals surface area contributed by atoms with Gasteiger partial charge in [0.15, 0.2) is 10.8 Å². The standard InChI is InChI=1S/C23H19BrN2O2S/c1-23-14-20(19-13-15(24)7-12-21(19)28-23)25-22(29)26(23)16-8-10-18(11-9-16)27-17-5-3-2-4-6-17/h2-13,20H,14H2,1H3,(H,25,29)/t20-,23-/m1/s1. The molecular weight excluding hydrogens is 448 g/mol. The molecule has 3 aromatic rings. The minimum Gasteiger partial charge on any atom is -0.467 e. The molecule has 29 heavy (non-hydrogen) atoms. The molecule has 0 unspecified atom stereocenters. The molecule has 2 aliphatic rings. The second-order valence-corrected chi connectivity index (χ2v) is 8.71. The predicted octanol–water partition coefficient (Wildman–Crippen LogP) is 6.18. The fourth-order valence-corrected chi connectivity index (χ4v) is 4.84. The van der Waals surface area contributed by atoms with Gasteiger partial charge >= 0.3 is 0 Å². The van der Waals surface area contributed by atoms with E-state index >= 15 is 0 Å². The van der Waals surface area contributed by atoms with E-state index in [9.17, 15) is 0 Å². The monoisotopic (exact) mass is 466 g/mol. The van der Waals surface area contributed by atoms with Gasteiger partial charge in [0.05, 0.1) is 6.04 Å². The van der Waals surface area contributed by atoms with Crippen molar-refractivity contribution in [2.24, 2.45) is 0 Å². The van der Waals surface area contributed by atoms with Gasteiger partial charge in [0.25, 0.3) is 0 Å². The Morgan fingerprint density at radius 3 is 2.55 bits per heavy atom. The molecule has 146 valence electrons. The lowest BCUT2D eigenvalue weighted by Gasteiger charge is -2.52. The van der Waals surface area contributed by atoms with Crippen LogP contribution in [0.5, 0.6) is 17.2 Å². The van der Waals surface area contributed by atoms with Gasteiger partial charge in [-0.1, -0.05) is 34.1 Å². The Bertz CT molecular complexity index is 1070. The number of fused-ring (bicyclic) bond motifs is 4. The van der Waals surface area contributed by atoms with Crippen LogP contribution >= 0.6 is 28.1 Å². The van der Waals surface area contributed by atoms with Crippen LogP contribution in [0.1, 0.15) is 24.9 Å². The lowest BCUT2D eigenvalue weighted by molar-refractivity contribution is 0.0497. The maximum atomic E-state index is 6.45. The first kappa shape index (κ1) is 18.5. The SMILES string of the molecule is C[C@@]12C[C@@H](NC(=S)N1c1ccc(Oc3ccccc3)cc1)c1cc(Br)ccc1O2. The molecule has 1 saturated heterocycles. The van der Waals surface area contributed by atoms with Gasteiger partial charge in [0, 0.05) is 22.1 Å².